The van der Waals surface area contributed by atoms with E-state index in [-0.39, 0.29) is 12.0 Å². The van der Waals surface area contributed by atoms with Crippen LogP contribution < -0.4 is 5.32 Å². The third kappa shape index (κ3) is 4.91. The van der Waals surface area contributed by atoms with Crippen LogP contribution in [0.4, 0.5) is 4.79 Å². The van der Waals surface area contributed by atoms with Crippen LogP contribution in [0.2, 0.25) is 0 Å². The van der Waals surface area contributed by atoms with E-state index < -0.39 is 18.0 Å². The average molecular weight is 260 g/mol. The first kappa shape index (κ1) is 16.7. The highest BCUT2D eigenvalue weighted by Gasteiger charge is 2.27. The number of hydrogen-bond donors (Lipinski definition) is 2. The normalized spacial score (nSPS) is 15.6. The van der Waals surface area contributed by atoms with Crippen molar-refractivity contribution in [3.8, 4) is 0 Å². The molecule has 0 rings (SSSR count). The standard InChI is InChI=1S/C12H24N2O4/c1-6-8(2)10(11(15)16)13-12(17)14(4)9(3)7-18-5/h8-10H,6-7H2,1-5H3,(H,13,17)(H,15,16)/t8-,9?,10-/m0/s1. The second-order valence-corrected chi connectivity index (χ2v) is 4.57. The minimum Gasteiger partial charge on any atom is -0.480 e. The van der Waals surface area contributed by atoms with E-state index in [0.29, 0.717) is 13.0 Å². The van der Waals surface area contributed by atoms with Crippen molar-refractivity contribution in [2.45, 2.75) is 39.3 Å². The van der Waals surface area contributed by atoms with Crippen LogP contribution in [0, 0.1) is 5.92 Å². The number of methoxy groups -OCH3 is 1. The number of rotatable bonds is 7. The van der Waals surface area contributed by atoms with E-state index in [1.165, 1.54) is 4.90 Å². The van der Waals surface area contributed by atoms with Gasteiger partial charge in [-0.1, -0.05) is 20.3 Å². The Hall–Kier alpha value is -1.30. The third-order valence-electron chi connectivity index (χ3n) is 3.15. The summed E-state index contributed by atoms with van der Waals surface area (Å²) in [6, 6.07) is -1.37. The zero-order chi connectivity index (χ0) is 14.3. The summed E-state index contributed by atoms with van der Waals surface area (Å²) < 4.78 is 4.96. The molecule has 0 aliphatic rings. The smallest absolute Gasteiger partial charge is 0.326 e. The molecule has 3 atom stereocenters. The van der Waals surface area contributed by atoms with Crippen molar-refractivity contribution >= 4 is 12.0 Å². The summed E-state index contributed by atoms with van der Waals surface area (Å²) >= 11 is 0. The quantitative estimate of drug-likeness (QED) is 0.720. The molecule has 2 amide bonds. The number of carbonyl (C=O) groups is 2. The van der Waals surface area contributed by atoms with Gasteiger partial charge in [0.05, 0.1) is 12.6 Å². The molecule has 0 fully saturated rings. The van der Waals surface area contributed by atoms with Crippen molar-refractivity contribution < 1.29 is 19.4 Å². The predicted octanol–water partition coefficient (Wildman–Crippen LogP) is 1.16. The average Bonchev–Trinajstić information content (AvgIpc) is 2.33. The van der Waals surface area contributed by atoms with Crippen LogP contribution >= 0.6 is 0 Å². The molecule has 0 aliphatic carbocycles. The number of carboxylic acid groups (broad SMARTS) is 1. The lowest BCUT2D eigenvalue weighted by atomic mass is 9.99. The largest absolute Gasteiger partial charge is 0.480 e. The predicted molar refractivity (Wildman–Crippen MR) is 68.5 cm³/mol. The van der Waals surface area contributed by atoms with Gasteiger partial charge in [-0.15, -0.1) is 0 Å². The van der Waals surface area contributed by atoms with Crippen LogP contribution in [0.15, 0.2) is 0 Å². The third-order valence-corrected chi connectivity index (χ3v) is 3.15. The van der Waals surface area contributed by atoms with Crippen LogP contribution in [0.25, 0.3) is 0 Å². The highest BCUT2D eigenvalue weighted by molar-refractivity contribution is 5.82. The molecule has 106 valence electrons. The maximum absolute atomic E-state index is 11.9. The molecule has 6 nitrogen and oxygen atoms in total. The van der Waals surface area contributed by atoms with E-state index in [2.05, 4.69) is 5.32 Å². The van der Waals surface area contributed by atoms with E-state index in [0.717, 1.165) is 0 Å². The van der Waals surface area contributed by atoms with E-state index in [4.69, 9.17) is 9.84 Å². The number of likely N-dealkylation sites (N-methyl/N-ethyl adjacent to an activating group) is 1. The molecule has 0 bridgehead atoms. The van der Waals surface area contributed by atoms with E-state index in [9.17, 15) is 9.59 Å². The highest BCUT2D eigenvalue weighted by atomic mass is 16.5. The zero-order valence-corrected chi connectivity index (χ0v) is 11.8. The Bertz CT molecular complexity index is 283. The van der Waals surface area contributed by atoms with Crippen LogP contribution in [-0.4, -0.2) is 54.9 Å². The van der Waals surface area contributed by atoms with Gasteiger partial charge in [-0.05, 0) is 12.8 Å². The number of ether oxygens (including phenoxy) is 1. The Kier molecular flexibility index (Phi) is 7.35. The van der Waals surface area contributed by atoms with Gasteiger partial charge in [-0.25, -0.2) is 9.59 Å². The number of urea groups is 1. The number of aliphatic carboxylic acids is 1. The Labute approximate surface area is 108 Å². The maximum Gasteiger partial charge on any atom is 0.326 e. The molecule has 0 saturated heterocycles. The van der Waals surface area contributed by atoms with Gasteiger partial charge in [-0.3, -0.25) is 0 Å². The number of nitrogens with zero attached hydrogens (tertiary/aromatic N) is 1. The second kappa shape index (κ2) is 7.92. The molecule has 0 aromatic heterocycles. The minimum atomic E-state index is -1.01. The van der Waals surface area contributed by atoms with Crippen molar-refractivity contribution in [2.75, 3.05) is 20.8 Å². The van der Waals surface area contributed by atoms with Crippen molar-refractivity contribution in [3.63, 3.8) is 0 Å². The Morgan fingerprint density at radius 3 is 2.33 bits per heavy atom. The summed E-state index contributed by atoms with van der Waals surface area (Å²) in [4.78, 5) is 24.4. The van der Waals surface area contributed by atoms with Crippen molar-refractivity contribution in [1.82, 2.24) is 10.2 Å². The van der Waals surface area contributed by atoms with Gasteiger partial charge in [0, 0.05) is 14.2 Å². The monoisotopic (exact) mass is 260 g/mol. The van der Waals surface area contributed by atoms with Gasteiger partial charge in [0.25, 0.3) is 0 Å². The summed E-state index contributed by atoms with van der Waals surface area (Å²) in [5.41, 5.74) is 0. The lowest BCUT2D eigenvalue weighted by Gasteiger charge is -2.28. The van der Waals surface area contributed by atoms with E-state index >= 15 is 0 Å². The first-order valence-corrected chi connectivity index (χ1v) is 6.10. The molecular weight excluding hydrogens is 236 g/mol. The molecule has 1 unspecified atom stereocenters. The molecule has 6 heteroatoms. The van der Waals surface area contributed by atoms with Gasteiger partial charge in [0.2, 0.25) is 0 Å². The van der Waals surface area contributed by atoms with Gasteiger partial charge >= 0.3 is 12.0 Å². The molecule has 0 saturated carbocycles. The van der Waals surface area contributed by atoms with E-state index in [1.807, 2.05) is 13.8 Å². The number of carbonyl (C=O) groups excluding carboxylic acids is 1. The maximum atomic E-state index is 11.9. The Morgan fingerprint density at radius 2 is 1.94 bits per heavy atom. The number of hydrogen-bond acceptors (Lipinski definition) is 3. The fourth-order valence-electron chi connectivity index (χ4n) is 1.47. The van der Waals surface area contributed by atoms with Gasteiger partial charge in [0.1, 0.15) is 6.04 Å². The summed E-state index contributed by atoms with van der Waals surface area (Å²) in [7, 11) is 3.18. The molecule has 18 heavy (non-hydrogen) atoms. The zero-order valence-electron chi connectivity index (χ0n) is 11.8. The molecule has 0 radical (unpaired) electrons. The number of carboxylic acids is 1. The first-order valence-electron chi connectivity index (χ1n) is 6.10. The van der Waals surface area contributed by atoms with Crippen LogP contribution in [0.5, 0.6) is 0 Å². The lowest BCUT2D eigenvalue weighted by Crippen LogP contribution is -2.52. The van der Waals surface area contributed by atoms with Crippen LogP contribution in [-0.2, 0) is 9.53 Å². The van der Waals surface area contributed by atoms with Gasteiger partial charge < -0.3 is 20.1 Å². The fraction of sp³-hybridized carbons (Fsp3) is 0.833. The van der Waals surface area contributed by atoms with Crippen molar-refractivity contribution in [2.24, 2.45) is 5.92 Å². The second-order valence-electron chi connectivity index (χ2n) is 4.57. The van der Waals surface area contributed by atoms with Crippen LogP contribution in [0.1, 0.15) is 27.2 Å². The lowest BCUT2D eigenvalue weighted by molar-refractivity contribution is -0.140. The highest BCUT2D eigenvalue weighted by Crippen LogP contribution is 2.09. The van der Waals surface area contributed by atoms with Crippen LogP contribution in [0.3, 0.4) is 0 Å². The SMILES string of the molecule is CC[C@H](C)[C@H](NC(=O)N(C)C(C)COC)C(=O)O. The Morgan fingerprint density at radius 1 is 1.39 bits per heavy atom. The summed E-state index contributed by atoms with van der Waals surface area (Å²) in [5, 5.41) is 11.6. The van der Waals surface area contributed by atoms with E-state index in [1.54, 1.807) is 21.1 Å². The Balaban J connectivity index is 4.55. The first-order chi connectivity index (χ1) is 8.34. The molecule has 0 aliphatic heterocycles. The topological polar surface area (TPSA) is 78.9 Å². The van der Waals surface area contributed by atoms with Gasteiger partial charge in [-0.2, -0.15) is 0 Å². The van der Waals surface area contributed by atoms with Crippen molar-refractivity contribution in [3.05, 3.63) is 0 Å². The van der Waals surface area contributed by atoms with Gasteiger partial charge in [0.15, 0.2) is 0 Å². The fourth-order valence-corrected chi connectivity index (χ4v) is 1.47. The summed E-state index contributed by atoms with van der Waals surface area (Å²) in [6.45, 7) is 5.94. The molecule has 0 aromatic carbocycles. The minimum absolute atomic E-state index is 0.110. The number of amides is 2. The molecular formula is C12H24N2O4. The number of nitrogens with one attached hydrogen (secondary N) is 1. The molecule has 0 heterocycles. The molecule has 2 N–H and O–H groups in total. The molecule has 0 spiro atoms. The summed E-state index contributed by atoms with van der Waals surface area (Å²) in [6.07, 6.45) is 0.689. The van der Waals surface area contributed by atoms with Crippen molar-refractivity contribution in [1.29, 1.82) is 0 Å². The molecule has 0 aromatic rings. The summed E-state index contributed by atoms with van der Waals surface area (Å²) in [5.74, 6) is -1.12.